The van der Waals surface area contributed by atoms with E-state index in [-0.39, 0.29) is 12.1 Å². The summed E-state index contributed by atoms with van der Waals surface area (Å²) in [6.07, 6.45) is 5.27. The number of rotatable bonds is 4. The van der Waals surface area contributed by atoms with Crippen LogP contribution in [-0.2, 0) is 9.47 Å². The van der Waals surface area contributed by atoms with Crippen LogP contribution in [0, 0.1) is 5.92 Å². The van der Waals surface area contributed by atoms with E-state index >= 15 is 0 Å². The van der Waals surface area contributed by atoms with Gasteiger partial charge in [0.2, 0.25) is 0 Å². The molecule has 1 fully saturated rings. The van der Waals surface area contributed by atoms with Crippen LogP contribution in [-0.4, -0.2) is 35.1 Å². The molecule has 1 aliphatic heterocycles. The first-order valence-corrected chi connectivity index (χ1v) is 7.63. The number of benzene rings is 1. The molecule has 0 bridgehead atoms. The predicted molar refractivity (Wildman–Crippen MR) is 82.0 cm³/mol. The molecule has 0 aliphatic carbocycles. The molecule has 116 valence electrons. The Kier molecular flexibility index (Phi) is 4.53. The van der Waals surface area contributed by atoms with Gasteiger partial charge in [-0.2, -0.15) is 5.10 Å². The van der Waals surface area contributed by atoms with Gasteiger partial charge in [0.1, 0.15) is 6.10 Å². The molecule has 1 aromatic heterocycles. The van der Waals surface area contributed by atoms with Gasteiger partial charge in [-0.25, -0.2) is 9.48 Å². The van der Waals surface area contributed by atoms with Crippen LogP contribution in [0.2, 0.25) is 0 Å². The number of aromatic nitrogens is 2. The Bertz CT molecular complexity index is 619. The Morgan fingerprint density at radius 2 is 2.09 bits per heavy atom. The number of carbonyl (C=O) groups is 1. The standard InChI is InChI=1S/C17H20N2O3/c1-13(14-7-11-21-12-8-14)22-17(20)15-5-2-3-6-16(15)19-10-4-9-18-19/h2-6,9-10,13-14H,7-8,11-12H2,1H3/t13-/m0/s1. The molecule has 22 heavy (non-hydrogen) atoms. The second-order valence-corrected chi connectivity index (χ2v) is 5.53. The van der Waals surface area contributed by atoms with Crippen LogP contribution in [0.25, 0.3) is 5.69 Å². The molecule has 0 N–H and O–H groups in total. The lowest BCUT2D eigenvalue weighted by Crippen LogP contribution is -2.29. The van der Waals surface area contributed by atoms with Gasteiger partial charge in [0, 0.05) is 31.5 Å². The van der Waals surface area contributed by atoms with E-state index in [1.54, 1.807) is 16.9 Å². The minimum absolute atomic E-state index is 0.109. The van der Waals surface area contributed by atoms with Crippen molar-refractivity contribution in [2.75, 3.05) is 13.2 Å². The van der Waals surface area contributed by atoms with Crippen molar-refractivity contribution in [2.24, 2.45) is 5.92 Å². The van der Waals surface area contributed by atoms with Gasteiger partial charge in [-0.15, -0.1) is 0 Å². The van der Waals surface area contributed by atoms with Gasteiger partial charge in [0.25, 0.3) is 0 Å². The van der Waals surface area contributed by atoms with Crippen molar-refractivity contribution in [1.82, 2.24) is 9.78 Å². The molecule has 2 aromatic rings. The van der Waals surface area contributed by atoms with Crippen molar-refractivity contribution in [2.45, 2.75) is 25.9 Å². The molecule has 3 rings (SSSR count). The Balaban J connectivity index is 1.75. The zero-order valence-electron chi connectivity index (χ0n) is 12.6. The van der Waals surface area contributed by atoms with Crippen LogP contribution in [0.4, 0.5) is 0 Å². The molecule has 0 saturated carbocycles. The van der Waals surface area contributed by atoms with Gasteiger partial charge < -0.3 is 9.47 Å². The number of hydrogen-bond acceptors (Lipinski definition) is 4. The maximum Gasteiger partial charge on any atom is 0.340 e. The maximum absolute atomic E-state index is 12.5. The van der Waals surface area contributed by atoms with Gasteiger partial charge in [-0.1, -0.05) is 12.1 Å². The number of hydrogen-bond donors (Lipinski definition) is 0. The monoisotopic (exact) mass is 300 g/mol. The molecule has 1 atom stereocenters. The first-order chi connectivity index (χ1) is 10.8. The van der Waals surface area contributed by atoms with E-state index in [1.165, 1.54) is 0 Å². The van der Waals surface area contributed by atoms with Gasteiger partial charge in [0.05, 0.1) is 11.3 Å². The van der Waals surface area contributed by atoms with Crippen molar-refractivity contribution in [3.05, 3.63) is 48.3 Å². The summed E-state index contributed by atoms with van der Waals surface area (Å²) in [5.41, 5.74) is 1.27. The highest BCUT2D eigenvalue weighted by molar-refractivity contribution is 5.93. The van der Waals surface area contributed by atoms with Crippen LogP contribution >= 0.6 is 0 Å². The van der Waals surface area contributed by atoms with Crippen LogP contribution in [0.15, 0.2) is 42.7 Å². The average Bonchev–Trinajstić information content (AvgIpc) is 3.10. The van der Waals surface area contributed by atoms with E-state index in [4.69, 9.17) is 9.47 Å². The van der Waals surface area contributed by atoms with Crippen molar-refractivity contribution in [3.63, 3.8) is 0 Å². The smallest absolute Gasteiger partial charge is 0.340 e. The third-order valence-electron chi connectivity index (χ3n) is 4.10. The van der Waals surface area contributed by atoms with Crippen molar-refractivity contribution < 1.29 is 14.3 Å². The van der Waals surface area contributed by atoms with Gasteiger partial charge >= 0.3 is 5.97 Å². The number of para-hydroxylation sites is 1. The molecule has 0 radical (unpaired) electrons. The molecule has 0 unspecified atom stereocenters. The Labute approximate surface area is 129 Å². The highest BCUT2D eigenvalue weighted by atomic mass is 16.5. The second kappa shape index (κ2) is 6.75. The third-order valence-corrected chi connectivity index (χ3v) is 4.10. The van der Waals surface area contributed by atoms with E-state index in [9.17, 15) is 4.79 Å². The normalized spacial score (nSPS) is 17.1. The molecule has 5 heteroatoms. The minimum Gasteiger partial charge on any atom is -0.459 e. The van der Waals surface area contributed by atoms with Crippen LogP contribution < -0.4 is 0 Å². The van der Waals surface area contributed by atoms with E-state index < -0.39 is 0 Å². The topological polar surface area (TPSA) is 53.4 Å². The predicted octanol–water partition coefficient (Wildman–Crippen LogP) is 2.84. The van der Waals surface area contributed by atoms with E-state index in [0.29, 0.717) is 11.5 Å². The summed E-state index contributed by atoms with van der Waals surface area (Å²) in [5, 5.41) is 4.19. The van der Waals surface area contributed by atoms with Crippen molar-refractivity contribution in [3.8, 4) is 5.69 Å². The van der Waals surface area contributed by atoms with E-state index in [0.717, 1.165) is 31.7 Å². The fourth-order valence-corrected chi connectivity index (χ4v) is 2.77. The highest BCUT2D eigenvalue weighted by Gasteiger charge is 2.25. The maximum atomic E-state index is 12.5. The summed E-state index contributed by atoms with van der Waals surface area (Å²) >= 11 is 0. The molecular formula is C17H20N2O3. The first-order valence-electron chi connectivity index (χ1n) is 7.63. The summed E-state index contributed by atoms with van der Waals surface area (Å²) in [7, 11) is 0. The van der Waals surface area contributed by atoms with Gasteiger partial charge in [-0.3, -0.25) is 0 Å². The Hall–Kier alpha value is -2.14. The summed E-state index contributed by atoms with van der Waals surface area (Å²) in [4.78, 5) is 12.5. The summed E-state index contributed by atoms with van der Waals surface area (Å²) in [6.45, 7) is 3.46. The lowest BCUT2D eigenvalue weighted by atomic mass is 9.95. The quantitative estimate of drug-likeness (QED) is 0.815. The third kappa shape index (κ3) is 3.20. The molecule has 1 aliphatic rings. The van der Waals surface area contributed by atoms with E-state index in [1.807, 2.05) is 37.4 Å². The van der Waals surface area contributed by atoms with Crippen LogP contribution in [0.3, 0.4) is 0 Å². The lowest BCUT2D eigenvalue weighted by Gasteiger charge is -2.27. The van der Waals surface area contributed by atoms with Crippen molar-refractivity contribution >= 4 is 5.97 Å². The second-order valence-electron chi connectivity index (χ2n) is 5.53. The Morgan fingerprint density at radius 3 is 2.82 bits per heavy atom. The molecule has 0 amide bonds. The first kappa shape index (κ1) is 14.8. The molecule has 0 spiro atoms. The number of esters is 1. The highest BCUT2D eigenvalue weighted by Crippen LogP contribution is 2.23. The fraction of sp³-hybridized carbons (Fsp3) is 0.412. The zero-order chi connectivity index (χ0) is 15.4. The zero-order valence-corrected chi connectivity index (χ0v) is 12.6. The van der Waals surface area contributed by atoms with Crippen molar-refractivity contribution in [1.29, 1.82) is 0 Å². The van der Waals surface area contributed by atoms with E-state index in [2.05, 4.69) is 5.10 Å². The van der Waals surface area contributed by atoms with Crippen LogP contribution in [0.5, 0.6) is 0 Å². The van der Waals surface area contributed by atoms with Gasteiger partial charge in [-0.05, 0) is 38.0 Å². The minimum atomic E-state index is -0.301. The lowest BCUT2D eigenvalue weighted by molar-refractivity contribution is -0.0118. The number of ether oxygens (including phenoxy) is 2. The number of nitrogens with zero attached hydrogens (tertiary/aromatic N) is 2. The molecular weight excluding hydrogens is 280 g/mol. The summed E-state index contributed by atoms with van der Waals surface area (Å²) in [6, 6.07) is 9.18. The largest absolute Gasteiger partial charge is 0.459 e. The van der Waals surface area contributed by atoms with Gasteiger partial charge in [0.15, 0.2) is 0 Å². The number of carbonyl (C=O) groups excluding carboxylic acids is 1. The molecule has 2 heterocycles. The Morgan fingerprint density at radius 1 is 1.32 bits per heavy atom. The fourth-order valence-electron chi connectivity index (χ4n) is 2.77. The average molecular weight is 300 g/mol. The molecule has 5 nitrogen and oxygen atoms in total. The summed E-state index contributed by atoms with van der Waals surface area (Å²) in [5.74, 6) is 0.0691. The SMILES string of the molecule is C[C@H](OC(=O)c1ccccc1-n1cccn1)C1CCOCC1. The van der Waals surface area contributed by atoms with Crippen LogP contribution in [0.1, 0.15) is 30.1 Å². The summed E-state index contributed by atoms with van der Waals surface area (Å²) < 4.78 is 12.7. The molecule has 1 saturated heterocycles. The molecule has 1 aromatic carbocycles.